The number of esters is 1. The summed E-state index contributed by atoms with van der Waals surface area (Å²) in [5.41, 5.74) is 2.30. The van der Waals surface area contributed by atoms with Crippen LogP contribution in [0, 0.1) is 10.1 Å². The third-order valence-electron chi connectivity index (χ3n) is 7.59. The fourth-order valence-corrected chi connectivity index (χ4v) is 6.69. The first-order valence-corrected chi connectivity index (χ1v) is 15.5. The number of nitrogens with zero attached hydrogens (tertiary/aromatic N) is 4. The number of fused-ring (bicyclic) bond motifs is 1. The molecule has 0 bridgehead atoms. The predicted molar refractivity (Wildman–Crippen MR) is 168 cm³/mol. The largest absolute Gasteiger partial charge is 0.493 e. The Morgan fingerprint density at radius 2 is 1.91 bits per heavy atom. The zero-order valence-electron chi connectivity index (χ0n) is 25.5. The SMILES string of the molecule is CCOC(=O)C1=C(C)N=c2s/c(=C\c3cc([N+](=O)[O-])ccc3N3CCCCC3)c(=O)n2[C@H]1c1ccc(OC(C)C)c(OC)c1. The molecule has 0 amide bonds. The minimum atomic E-state index is -0.846. The predicted octanol–water partition coefficient (Wildman–Crippen LogP) is 4.49. The van der Waals surface area contributed by atoms with E-state index >= 15 is 0 Å². The molecule has 1 fully saturated rings. The van der Waals surface area contributed by atoms with Gasteiger partial charge < -0.3 is 19.1 Å². The molecule has 2 aromatic carbocycles. The van der Waals surface area contributed by atoms with E-state index < -0.39 is 16.9 Å². The molecule has 3 aromatic rings. The molecule has 1 atom stereocenters. The van der Waals surface area contributed by atoms with Crippen LogP contribution in [0.1, 0.15) is 64.1 Å². The van der Waals surface area contributed by atoms with Gasteiger partial charge in [-0.2, -0.15) is 0 Å². The van der Waals surface area contributed by atoms with E-state index in [4.69, 9.17) is 14.2 Å². The average molecular weight is 621 g/mol. The summed E-state index contributed by atoms with van der Waals surface area (Å²) in [6.45, 7) is 9.09. The normalized spacial score (nSPS) is 16.9. The van der Waals surface area contributed by atoms with E-state index in [2.05, 4.69) is 9.89 Å². The molecule has 2 aliphatic rings. The highest BCUT2D eigenvalue weighted by Crippen LogP contribution is 2.37. The van der Waals surface area contributed by atoms with Crippen LogP contribution in [-0.2, 0) is 9.53 Å². The lowest BCUT2D eigenvalue weighted by atomic mass is 9.95. The van der Waals surface area contributed by atoms with Gasteiger partial charge in [0.15, 0.2) is 16.3 Å². The van der Waals surface area contributed by atoms with Crippen molar-refractivity contribution in [2.75, 3.05) is 31.7 Å². The number of ether oxygens (including phenoxy) is 3. The van der Waals surface area contributed by atoms with Gasteiger partial charge in [0.25, 0.3) is 11.2 Å². The summed E-state index contributed by atoms with van der Waals surface area (Å²) in [4.78, 5) is 46.0. The van der Waals surface area contributed by atoms with Crippen LogP contribution in [0.2, 0.25) is 0 Å². The first kappa shape index (κ1) is 31.0. The fourth-order valence-electron chi connectivity index (χ4n) is 5.65. The van der Waals surface area contributed by atoms with Crippen LogP contribution >= 0.6 is 11.3 Å². The van der Waals surface area contributed by atoms with Gasteiger partial charge in [-0.05, 0) is 76.8 Å². The zero-order valence-corrected chi connectivity index (χ0v) is 26.3. The van der Waals surface area contributed by atoms with E-state index in [9.17, 15) is 19.7 Å². The van der Waals surface area contributed by atoms with Gasteiger partial charge in [0.05, 0.1) is 46.6 Å². The second-order valence-electron chi connectivity index (χ2n) is 10.9. The summed E-state index contributed by atoms with van der Waals surface area (Å²) in [5, 5.41) is 11.7. The van der Waals surface area contributed by atoms with Crippen molar-refractivity contribution in [2.45, 2.75) is 59.1 Å². The van der Waals surface area contributed by atoms with Gasteiger partial charge in [-0.15, -0.1) is 0 Å². The molecule has 0 saturated carbocycles. The lowest BCUT2D eigenvalue weighted by Crippen LogP contribution is -2.40. The van der Waals surface area contributed by atoms with E-state index in [0.717, 1.165) is 38.0 Å². The fraction of sp³-hybridized carbons (Fsp3) is 0.406. The summed E-state index contributed by atoms with van der Waals surface area (Å²) in [6, 6.07) is 9.23. The zero-order chi connectivity index (χ0) is 31.5. The van der Waals surface area contributed by atoms with Crippen molar-refractivity contribution in [3.8, 4) is 11.5 Å². The van der Waals surface area contributed by atoms with E-state index in [0.29, 0.717) is 37.7 Å². The number of thiazole rings is 1. The molecule has 0 radical (unpaired) electrons. The molecule has 0 aliphatic carbocycles. The van der Waals surface area contributed by atoms with E-state index in [1.165, 1.54) is 35.1 Å². The van der Waals surface area contributed by atoms with Crippen molar-refractivity contribution in [2.24, 2.45) is 4.99 Å². The van der Waals surface area contributed by atoms with E-state index in [1.807, 2.05) is 13.8 Å². The van der Waals surface area contributed by atoms with Gasteiger partial charge in [-0.25, -0.2) is 9.79 Å². The van der Waals surface area contributed by atoms with Gasteiger partial charge in [-0.3, -0.25) is 19.5 Å². The first-order chi connectivity index (χ1) is 21.1. The van der Waals surface area contributed by atoms with Crippen LogP contribution < -0.4 is 29.3 Å². The minimum absolute atomic E-state index is 0.0566. The van der Waals surface area contributed by atoms with E-state index in [1.54, 1.807) is 44.2 Å². The number of aromatic nitrogens is 1. The number of non-ortho nitro benzene ring substituents is 1. The molecule has 232 valence electrons. The summed E-state index contributed by atoms with van der Waals surface area (Å²) in [5.74, 6) is 0.424. The highest BCUT2D eigenvalue weighted by molar-refractivity contribution is 7.07. The molecule has 5 rings (SSSR count). The molecular formula is C32H36N4O7S. The third kappa shape index (κ3) is 6.12. The molecule has 2 aliphatic heterocycles. The van der Waals surface area contributed by atoms with Crippen molar-refractivity contribution in [1.82, 2.24) is 4.57 Å². The quantitative estimate of drug-likeness (QED) is 0.195. The maximum Gasteiger partial charge on any atom is 0.338 e. The Balaban J connectivity index is 1.71. The van der Waals surface area contributed by atoms with Crippen LogP contribution in [0.25, 0.3) is 6.08 Å². The molecule has 0 unspecified atom stereocenters. The number of piperidine rings is 1. The number of rotatable bonds is 9. The summed E-state index contributed by atoms with van der Waals surface area (Å²) in [7, 11) is 1.53. The Labute approximate surface area is 258 Å². The standard InChI is InChI=1S/C32H36N4O7S/c1-6-42-31(38)28-20(4)33-32-35(29(28)21-10-13-25(43-19(2)3)26(17-21)41-5)30(37)27(44-32)18-22-16-23(36(39)40)11-12-24(22)34-14-8-7-9-15-34/h10-13,16-19,29H,6-9,14-15H2,1-5H3/b27-18-/t29-/m0/s1. The molecule has 44 heavy (non-hydrogen) atoms. The molecule has 0 N–H and O–H groups in total. The number of nitro benzene ring substituents is 1. The minimum Gasteiger partial charge on any atom is -0.493 e. The summed E-state index contributed by atoms with van der Waals surface area (Å²) < 4.78 is 18.8. The molecule has 0 spiro atoms. The Kier molecular flexibility index (Phi) is 9.19. The van der Waals surface area contributed by atoms with Crippen LogP contribution in [0.5, 0.6) is 11.5 Å². The molecule has 1 aromatic heterocycles. The van der Waals surface area contributed by atoms with E-state index in [-0.39, 0.29) is 29.5 Å². The number of carbonyl (C=O) groups excluding carboxylic acids is 1. The smallest absolute Gasteiger partial charge is 0.338 e. The lowest BCUT2D eigenvalue weighted by Gasteiger charge is -2.30. The number of anilines is 1. The summed E-state index contributed by atoms with van der Waals surface area (Å²) in [6.07, 6.45) is 4.79. The van der Waals surface area contributed by atoms with Gasteiger partial charge in [-0.1, -0.05) is 17.4 Å². The van der Waals surface area contributed by atoms with Gasteiger partial charge >= 0.3 is 5.97 Å². The molecular weight excluding hydrogens is 584 g/mol. The van der Waals surface area contributed by atoms with Crippen molar-refractivity contribution in [3.05, 3.63) is 88.6 Å². The molecule has 1 saturated heterocycles. The first-order valence-electron chi connectivity index (χ1n) is 14.7. The van der Waals surface area contributed by atoms with Gasteiger partial charge in [0, 0.05) is 36.5 Å². The Bertz CT molecular complexity index is 1800. The van der Waals surface area contributed by atoms with Crippen LogP contribution in [-0.4, -0.2) is 48.4 Å². The second-order valence-corrected chi connectivity index (χ2v) is 11.9. The maximum absolute atomic E-state index is 14.2. The Morgan fingerprint density at radius 1 is 1.16 bits per heavy atom. The number of benzene rings is 2. The number of methoxy groups -OCH3 is 1. The number of carbonyl (C=O) groups is 1. The second kappa shape index (κ2) is 13.0. The van der Waals surface area contributed by atoms with Crippen molar-refractivity contribution >= 4 is 34.8 Å². The van der Waals surface area contributed by atoms with Gasteiger partial charge in [0.2, 0.25) is 0 Å². The molecule has 11 nitrogen and oxygen atoms in total. The highest BCUT2D eigenvalue weighted by Gasteiger charge is 2.34. The van der Waals surface area contributed by atoms with Crippen LogP contribution in [0.15, 0.2) is 57.5 Å². The van der Waals surface area contributed by atoms with Crippen molar-refractivity contribution < 1.29 is 23.9 Å². The van der Waals surface area contributed by atoms with Crippen LogP contribution in [0.4, 0.5) is 11.4 Å². The van der Waals surface area contributed by atoms with Crippen LogP contribution in [0.3, 0.4) is 0 Å². The number of allylic oxidation sites excluding steroid dienone is 1. The third-order valence-corrected chi connectivity index (χ3v) is 8.57. The number of nitro groups is 1. The molecule has 12 heteroatoms. The Hall–Kier alpha value is -4.45. The lowest BCUT2D eigenvalue weighted by molar-refractivity contribution is -0.384. The average Bonchev–Trinajstić information content (AvgIpc) is 3.30. The maximum atomic E-state index is 14.2. The van der Waals surface area contributed by atoms with Crippen molar-refractivity contribution in [1.29, 1.82) is 0 Å². The van der Waals surface area contributed by atoms with Crippen molar-refractivity contribution in [3.63, 3.8) is 0 Å². The monoisotopic (exact) mass is 620 g/mol. The number of hydrogen-bond acceptors (Lipinski definition) is 10. The highest BCUT2D eigenvalue weighted by atomic mass is 32.1. The summed E-state index contributed by atoms with van der Waals surface area (Å²) >= 11 is 1.17. The van der Waals surface area contributed by atoms with Gasteiger partial charge in [0.1, 0.15) is 0 Å². The topological polar surface area (TPSA) is 126 Å². The Morgan fingerprint density at radius 3 is 2.57 bits per heavy atom. The molecule has 3 heterocycles. The number of hydrogen-bond donors (Lipinski definition) is 0.